The summed E-state index contributed by atoms with van der Waals surface area (Å²) in [6, 6.07) is 6.95. The molecule has 1 aliphatic rings. The van der Waals surface area contributed by atoms with Crippen LogP contribution in [-0.2, 0) is 13.1 Å². The molecule has 1 aromatic heterocycles. The van der Waals surface area contributed by atoms with Gasteiger partial charge in [-0.15, -0.1) is 0 Å². The topological polar surface area (TPSA) is 21.1 Å². The minimum Gasteiger partial charge on any atom is -0.298 e. The van der Waals surface area contributed by atoms with Crippen molar-refractivity contribution in [2.24, 2.45) is 0 Å². The fraction of sp³-hybridized carbons (Fsp3) is 0.438. The summed E-state index contributed by atoms with van der Waals surface area (Å²) in [6.07, 6.45) is 5.22. The van der Waals surface area contributed by atoms with E-state index in [0.29, 0.717) is 5.92 Å². The molecule has 1 aliphatic heterocycles. The highest BCUT2D eigenvalue weighted by atomic mass is 19.1. The van der Waals surface area contributed by atoms with E-state index in [1.807, 2.05) is 23.0 Å². The number of rotatable bonds is 4. The van der Waals surface area contributed by atoms with E-state index in [1.165, 1.54) is 11.1 Å². The molecule has 1 atom stereocenters. The second-order valence-electron chi connectivity index (χ2n) is 5.48. The Balaban J connectivity index is 1.60. The van der Waals surface area contributed by atoms with Gasteiger partial charge in [-0.25, -0.2) is 4.39 Å². The Morgan fingerprint density at radius 3 is 2.80 bits per heavy atom. The van der Waals surface area contributed by atoms with Crippen LogP contribution in [0.1, 0.15) is 30.4 Å². The van der Waals surface area contributed by atoms with Crippen LogP contribution in [-0.4, -0.2) is 27.8 Å². The molecule has 0 bridgehead atoms. The van der Waals surface area contributed by atoms with E-state index in [4.69, 9.17) is 0 Å². The maximum absolute atomic E-state index is 13.0. The molecule has 0 amide bonds. The third kappa shape index (κ3) is 2.90. The Morgan fingerprint density at radius 2 is 2.10 bits per heavy atom. The first-order valence-electron chi connectivity index (χ1n) is 7.23. The smallest absolute Gasteiger partial charge is 0.123 e. The van der Waals surface area contributed by atoms with E-state index >= 15 is 0 Å². The van der Waals surface area contributed by atoms with E-state index < -0.39 is 0 Å². The van der Waals surface area contributed by atoms with Gasteiger partial charge in [0.25, 0.3) is 0 Å². The minimum atomic E-state index is -0.157. The fourth-order valence-corrected chi connectivity index (χ4v) is 2.90. The van der Waals surface area contributed by atoms with Gasteiger partial charge in [0.05, 0.1) is 6.20 Å². The van der Waals surface area contributed by atoms with Crippen molar-refractivity contribution in [3.05, 3.63) is 53.6 Å². The van der Waals surface area contributed by atoms with Gasteiger partial charge in [0.1, 0.15) is 5.82 Å². The third-order valence-corrected chi connectivity index (χ3v) is 4.03. The van der Waals surface area contributed by atoms with Gasteiger partial charge in [-0.2, -0.15) is 5.10 Å². The number of benzene rings is 1. The molecule has 0 radical (unpaired) electrons. The first kappa shape index (κ1) is 13.3. The van der Waals surface area contributed by atoms with E-state index in [-0.39, 0.29) is 5.82 Å². The number of hydrogen-bond donors (Lipinski definition) is 0. The average molecular weight is 273 g/mol. The summed E-state index contributed by atoms with van der Waals surface area (Å²) in [5.74, 6) is 0.368. The number of halogens is 1. The second-order valence-corrected chi connectivity index (χ2v) is 5.48. The van der Waals surface area contributed by atoms with Crippen molar-refractivity contribution < 1.29 is 4.39 Å². The number of likely N-dealkylation sites (tertiary alicyclic amines) is 1. The zero-order valence-electron chi connectivity index (χ0n) is 11.8. The summed E-state index contributed by atoms with van der Waals surface area (Å²) in [5, 5.41) is 4.31. The largest absolute Gasteiger partial charge is 0.298 e. The van der Waals surface area contributed by atoms with Crippen molar-refractivity contribution in [3.63, 3.8) is 0 Å². The normalized spacial score (nSPS) is 19.6. The van der Waals surface area contributed by atoms with Crippen LogP contribution in [0.4, 0.5) is 4.39 Å². The molecule has 4 heteroatoms. The number of aryl methyl sites for hydroxylation is 1. The molecule has 0 aliphatic carbocycles. The van der Waals surface area contributed by atoms with E-state index in [9.17, 15) is 4.39 Å². The van der Waals surface area contributed by atoms with E-state index in [2.05, 4.69) is 23.1 Å². The quantitative estimate of drug-likeness (QED) is 0.853. The lowest BCUT2D eigenvalue weighted by atomic mass is 9.99. The van der Waals surface area contributed by atoms with Crippen molar-refractivity contribution in [1.29, 1.82) is 0 Å². The Bertz CT molecular complexity index is 561. The van der Waals surface area contributed by atoms with E-state index in [1.54, 1.807) is 12.1 Å². The van der Waals surface area contributed by atoms with Crippen LogP contribution in [0, 0.1) is 5.82 Å². The van der Waals surface area contributed by atoms with Gasteiger partial charge in [0, 0.05) is 31.4 Å². The summed E-state index contributed by atoms with van der Waals surface area (Å²) >= 11 is 0. The molecule has 0 saturated carbocycles. The highest BCUT2D eigenvalue weighted by molar-refractivity contribution is 5.22. The van der Waals surface area contributed by atoms with Crippen molar-refractivity contribution in [3.8, 4) is 0 Å². The second kappa shape index (κ2) is 5.75. The molecule has 1 aromatic carbocycles. The van der Waals surface area contributed by atoms with Crippen LogP contribution in [0.3, 0.4) is 0 Å². The summed E-state index contributed by atoms with van der Waals surface area (Å²) < 4.78 is 14.9. The zero-order valence-corrected chi connectivity index (χ0v) is 11.8. The van der Waals surface area contributed by atoms with Crippen LogP contribution in [0.5, 0.6) is 0 Å². The minimum absolute atomic E-state index is 0.157. The molecule has 2 heterocycles. The highest BCUT2D eigenvalue weighted by Crippen LogP contribution is 2.28. The molecule has 1 saturated heterocycles. The van der Waals surface area contributed by atoms with Crippen LogP contribution in [0.25, 0.3) is 0 Å². The SMILES string of the molecule is CCn1cc(CN2CC[C@H](c3ccc(F)cc3)C2)cn1. The molecule has 20 heavy (non-hydrogen) atoms. The van der Waals surface area contributed by atoms with Gasteiger partial charge >= 0.3 is 0 Å². The number of nitrogens with zero attached hydrogens (tertiary/aromatic N) is 3. The zero-order chi connectivity index (χ0) is 13.9. The van der Waals surface area contributed by atoms with Gasteiger partial charge in [0.2, 0.25) is 0 Å². The molecular weight excluding hydrogens is 253 g/mol. The molecule has 2 aromatic rings. The van der Waals surface area contributed by atoms with Crippen molar-refractivity contribution >= 4 is 0 Å². The fourth-order valence-electron chi connectivity index (χ4n) is 2.90. The maximum atomic E-state index is 13.0. The molecule has 0 unspecified atom stereocenters. The maximum Gasteiger partial charge on any atom is 0.123 e. The van der Waals surface area contributed by atoms with Crippen molar-refractivity contribution in [2.75, 3.05) is 13.1 Å². The predicted molar refractivity (Wildman–Crippen MR) is 76.9 cm³/mol. The third-order valence-electron chi connectivity index (χ3n) is 4.03. The first-order chi connectivity index (χ1) is 9.74. The first-order valence-corrected chi connectivity index (χ1v) is 7.23. The number of aromatic nitrogens is 2. The molecule has 3 nitrogen and oxygen atoms in total. The lowest BCUT2D eigenvalue weighted by Gasteiger charge is -2.15. The Kier molecular flexibility index (Phi) is 3.83. The molecular formula is C16H20FN3. The van der Waals surface area contributed by atoms with Crippen LogP contribution < -0.4 is 0 Å². The average Bonchev–Trinajstić information content (AvgIpc) is 3.09. The lowest BCUT2D eigenvalue weighted by Crippen LogP contribution is -2.19. The predicted octanol–water partition coefficient (Wildman–Crippen LogP) is 3.03. The van der Waals surface area contributed by atoms with Crippen molar-refractivity contribution in [1.82, 2.24) is 14.7 Å². The highest BCUT2D eigenvalue weighted by Gasteiger charge is 2.24. The summed E-state index contributed by atoms with van der Waals surface area (Å²) in [7, 11) is 0. The molecule has 1 fully saturated rings. The van der Waals surface area contributed by atoms with Crippen LogP contribution in [0.2, 0.25) is 0 Å². The summed E-state index contributed by atoms with van der Waals surface area (Å²) in [6.45, 7) is 6.11. The van der Waals surface area contributed by atoms with Gasteiger partial charge in [-0.3, -0.25) is 9.58 Å². The molecule has 0 N–H and O–H groups in total. The van der Waals surface area contributed by atoms with Crippen LogP contribution >= 0.6 is 0 Å². The Labute approximate surface area is 119 Å². The monoisotopic (exact) mass is 273 g/mol. The lowest BCUT2D eigenvalue weighted by molar-refractivity contribution is 0.326. The van der Waals surface area contributed by atoms with Gasteiger partial charge < -0.3 is 0 Å². The standard InChI is InChI=1S/C16H20FN3/c1-2-20-11-13(9-18-20)10-19-8-7-15(12-19)14-3-5-16(17)6-4-14/h3-6,9,11,15H,2,7-8,10,12H2,1H3/t15-/m0/s1. The van der Waals surface area contributed by atoms with E-state index in [0.717, 1.165) is 32.6 Å². The van der Waals surface area contributed by atoms with Crippen LogP contribution in [0.15, 0.2) is 36.7 Å². The number of hydrogen-bond acceptors (Lipinski definition) is 2. The van der Waals surface area contributed by atoms with Gasteiger partial charge in [-0.1, -0.05) is 12.1 Å². The molecule has 0 spiro atoms. The Morgan fingerprint density at radius 1 is 1.30 bits per heavy atom. The summed E-state index contributed by atoms with van der Waals surface area (Å²) in [4.78, 5) is 2.45. The summed E-state index contributed by atoms with van der Waals surface area (Å²) in [5.41, 5.74) is 2.52. The van der Waals surface area contributed by atoms with Gasteiger partial charge in [0.15, 0.2) is 0 Å². The van der Waals surface area contributed by atoms with Gasteiger partial charge in [-0.05, 0) is 43.5 Å². The molecule has 3 rings (SSSR count). The Hall–Kier alpha value is -1.68. The molecule has 106 valence electrons. The van der Waals surface area contributed by atoms with Crippen molar-refractivity contribution in [2.45, 2.75) is 32.4 Å².